The molecular weight excluding hydrogens is 454 g/mol. The molecule has 3 unspecified atom stereocenters. The number of thioether (sulfide) groups is 1. The molecule has 1 saturated heterocycles. The molecule has 35 heavy (non-hydrogen) atoms. The van der Waals surface area contributed by atoms with Crippen LogP contribution in [0.4, 0.5) is 5.69 Å². The Kier molecular flexibility index (Phi) is 7.30. The number of rotatable bonds is 7. The molecule has 5 rings (SSSR count). The number of carbonyl (C=O) groups excluding carboxylic acids is 1. The molecule has 3 aromatic carbocycles. The van der Waals surface area contributed by atoms with E-state index in [4.69, 9.17) is 0 Å². The van der Waals surface area contributed by atoms with E-state index in [2.05, 4.69) is 76.9 Å². The van der Waals surface area contributed by atoms with E-state index in [1.165, 1.54) is 16.0 Å². The zero-order chi connectivity index (χ0) is 24.2. The van der Waals surface area contributed by atoms with Gasteiger partial charge in [0, 0.05) is 58.0 Å². The van der Waals surface area contributed by atoms with Crippen LogP contribution in [0.1, 0.15) is 46.7 Å². The fraction of sp³-hybridized carbons (Fsp3) is 0.345. The van der Waals surface area contributed by atoms with Gasteiger partial charge in [0.05, 0.1) is 0 Å². The lowest BCUT2D eigenvalue weighted by atomic mass is 9.80. The topological polar surface area (TPSA) is 61.8 Å². The Hall–Kier alpha value is -2.96. The Balaban J connectivity index is 1.30. The predicted molar refractivity (Wildman–Crippen MR) is 143 cm³/mol. The van der Waals surface area contributed by atoms with Gasteiger partial charge in [-0.25, -0.2) is 0 Å². The smallest absolute Gasteiger partial charge is 0.316 e. The van der Waals surface area contributed by atoms with Crippen molar-refractivity contribution in [2.45, 2.75) is 36.1 Å². The van der Waals surface area contributed by atoms with Gasteiger partial charge < -0.3 is 10.2 Å². The summed E-state index contributed by atoms with van der Waals surface area (Å²) in [6.45, 7) is 5.09. The number of piperidine rings is 1. The van der Waals surface area contributed by atoms with E-state index in [0.717, 1.165) is 37.5 Å². The molecule has 1 N–H and O–H groups in total. The second-order valence-electron chi connectivity index (χ2n) is 9.61. The highest BCUT2D eigenvalue weighted by Crippen LogP contribution is 2.41. The molecule has 2 heterocycles. The Labute approximate surface area is 211 Å². The number of benzene rings is 3. The molecule has 1 fully saturated rings. The first kappa shape index (κ1) is 23.8. The van der Waals surface area contributed by atoms with E-state index in [1.54, 1.807) is 12.1 Å². The minimum absolute atomic E-state index is 0.348. The van der Waals surface area contributed by atoms with Crippen LogP contribution in [0, 0.1) is 10.8 Å². The molecule has 4 atom stereocenters. The highest BCUT2D eigenvalue weighted by atomic mass is 32.2. The number of nitroso groups, excluding NO2 is 1. The van der Waals surface area contributed by atoms with Crippen LogP contribution in [-0.4, -0.2) is 37.3 Å². The molecule has 0 aromatic heterocycles. The quantitative estimate of drug-likeness (QED) is 0.412. The van der Waals surface area contributed by atoms with Crippen LogP contribution in [0.2, 0.25) is 0 Å². The number of nitrogens with one attached hydrogen (secondary N) is 1. The standard InChI is InChI=1S/C29H31N3O2S/c1-20(27-19-35-28-13-6-5-12-25(27)28)30-17-23-14-15-32(18-26(23)21-8-3-2-4-9-21)24-11-7-10-22(16-24)29(33)31-34/h2-13,16,20,23,26-27,30H,14-15,17-19H2,1H3/t20-,23?,26?,27?/m1/s1. The van der Waals surface area contributed by atoms with Gasteiger partial charge >= 0.3 is 5.91 Å². The number of anilines is 1. The Morgan fingerprint density at radius 2 is 1.89 bits per heavy atom. The summed E-state index contributed by atoms with van der Waals surface area (Å²) in [6.07, 6.45) is 1.05. The number of amides is 1. The van der Waals surface area contributed by atoms with Gasteiger partial charge in [0.2, 0.25) is 0 Å². The van der Waals surface area contributed by atoms with Crippen molar-refractivity contribution in [2.75, 3.05) is 30.3 Å². The number of hydrogen-bond acceptors (Lipinski definition) is 5. The van der Waals surface area contributed by atoms with Crippen LogP contribution < -0.4 is 10.2 Å². The molecule has 3 aromatic rings. The van der Waals surface area contributed by atoms with Gasteiger partial charge in [-0.1, -0.05) is 54.6 Å². The SMILES string of the molecule is C[C@@H](NCC1CCN(c2cccc(C(=O)N=O)c2)CC1c1ccccc1)C1CSc2ccccc21. The molecule has 1 amide bonds. The third-order valence-corrected chi connectivity index (χ3v) is 8.78. The first-order valence-corrected chi connectivity index (χ1v) is 13.4. The summed E-state index contributed by atoms with van der Waals surface area (Å²) in [6, 6.07) is 27.3. The zero-order valence-electron chi connectivity index (χ0n) is 20.0. The number of nitrogens with zero attached hydrogens (tertiary/aromatic N) is 2. The fourth-order valence-electron chi connectivity index (χ4n) is 5.53. The normalized spacial score (nSPS) is 22.4. The second kappa shape index (κ2) is 10.8. The number of hydrogen-bond donors (Lipinski definition) is 1. The van der Waals surface area contributed by atoms with Crippen molar-refractivity contribution in [1.82, 2.24) is 5.32 Å². The Morgan fingerprint density at radius 3 is 2.71 bits per heavy atom. The monoisotopic (exact) mass is 485 g/mol. The van der Waals surface area contributed by atoms with Crippen LogP contribution in [0.15, 0.2) is 88.9 Å². The van der Waals surface area contributed by atoms with Gasteiger partial charge in [-0.3, -0.25) is 4.79 Å². The van der Waals surface area contributed by atoms with Gasteiger partial charge in [-0.2, -0.15) is 0 Å². The van der Waals surface area contributed by atoms with Crippen molar-refractivity contribution in [2.24, 2.45) is 11.1 Å². The summed E-state index contributed by atoms with van der Waals surface area (Å²) in [7, 11) is 0. The largest absolute Gasteiger partial charge is 0.371 e. The molecule has 180 valence electrons. The van der Waals surface area contributed by atoms with Crippen LogP contribution in [-0.2, 0) is 0 Å². The number of carbonyl (C=O) groups is 1. The summed E-state index contributed by atoms with van der Waals surface area (Å²) in [5.74, 6) is 1.85. The summed E-state index contributed by atoms with van der Waals surface area (Å²) in [4.78, 5) is 26.3. The van der Waals surface area contributed by atoms with Gasteiger partial charge in [-0.15, -0.1) is 16.7 Å². The molecule has 2 aliphatic rings. The molecule has 6 heteroatoms. The van der Waals surface area contributed by atoms with Crippen molar-refractivity contribution in [3.63, 3.8) is 0 Å². The molecule has 0 spiro atoms. The van der Waals surface area contributed by atoms with Gasteiger partial charge in [0.15, 0.2) is 0 Å². The van der Waals surface area contributed by atoms with Crippen molar-refractivity contribution >= 4 is 23.4 Å². The average molecular weight is 486 g/mol. The lowest BCUT2D eigenvalue weighted by Crippen LogP contribution is -2.45. The third-order valence-electron chi connectivity index (χ3n) is 7.57. The number of fused-ring (bicyclic) bond motifs is 1. The Morgan fingerprint density at radius 1 is 1.09 bits per heavy atom. The highest BCUT2D eigenvalue weighted by Gasteiger charge is 2.33. The molecule has 0 radical (unpaired) electrons. The Bertz CT molecular complexity index is 1190. The van der Waals surface area contributed by atoms with Crippen LogP contribution in [0.25, 0.3) is 0 Å². The zero-order valence-corrected chi connectivity index (χ0v) is 20.8. The summed E-state index contributed by atoms with van der Waals surface area (Å²) >= 11 is 1.97. The van der Waals surface area contributed by atoms with Crippen LogP contribution >= 0.6 is 11.8 Å². The maximum absolute atomic E-state index is 11.8. The first-order valence-electron chi connectivity index (χ1n) is 12.4. The van der Waals surface area contributed by atoms with Crippen molar-refractivity contribution in [3.8, 4) is 0 Å². The lowest BCUT2D eigenvalue weighted by Gasteiger charge is -2.41. The average Bonchev–Trinajstić information content (AvgIpc) is 3.36. The minimum atomic E-state index is -0.716. The predicted octanol–water partition coefficient (Wildman–Crippen LogP) is 6.07. The van der Waals surface area contributed by atoms with Crippen molar-refractivity contribution in [3.05, 3.63) is 100 Å². The summed E-state index contributed by atoms with van der Waals surface area (Å²) in [5, 5.41) is 6.49. The van der Waals surface area contributed by atoms with Crippen LogP contribution in [0.5, 0.6) is 0 Å². The molecular formula is C29H31N3O2S. The molecule has 0 saturated carbocycles. The van der Waals surface area contributed by atoms with Crippen LogP contribution in [0.3, 0.4) is 0 Å². The minimum Gasteiger partial charge on any atom is -0.371 e. The van der Waals surface area contributed by atoms with E-state index >= 15 is 0 Å². The second-order valence-corrected chi connectivity index (χ2v) is 10.7. The van der Waals surface area contributed by atoms with E-state index < -0.39 is 5.91 Å². The molecule has 2 aliphatic heterocycles. The van der Waals surface area contributed by atoms with E-state index in [-0.39, 0.29) is 0 Å². The summed E-state index contributed by atoms with van der Waals surface area (Å²) in [5.41, 5.74) is 4.15. The molecule has 0 aliphatic carbocycles. The van der Waals surface area contributed by atoms with Gasteiger partial charge in [-0.05, 0) is 61.2 Å². The van der Waals surface area contributed by atoms with E-state index in [0.29, 0.717) is 29.4 Å². The van der Waals surface area contributed by atoms with E-state index in [9.17, 15) is 9.70 Å². The highest BCUT2D eigenvalue weighted by molar-refractivity contribution is 7.99. The first-order chi connectivity index (χ1) is 17.1. The summed E-state index contributed by atoms with van der Waals surface area (Å²) < 4.78 is 0. The maximum atomic E-state index is 11.8. The van der Waals surface area contributed by atoms with Crippen molar-refractivity contribution in [1.29, 1.82) is 0 Å². The lowest BCUT2D eigenvalue weighted by molar-refractivity contribution is 0.100. The van der Waals surface area contributed by atoms with Crippen molar-refractivity contribution < 1.29 is 4.79 Å². The molecule has 0 bridgehead atoms. The van der Waals surface area contributed by atoms with Gasteiger partial charge in [0.25, 0.3) is 0 Å². The maximum Gasteiger partial charge on any atom is 0.316 e. The fourth-order valence-corrected chi connectivity index (χ4v) is 6.91. The molecule has 5 nitrogen and oxygen atoms in total. The van der Waals surface area contributed by atoms with E-state index in [1.807, 2.05) is 23.9 Å². The third kappa shape index (κ3) is 5.19. The van der Waals surface area contributed by atoms with Gasteiger partial charge in [0.1, 0.15) is 0 Å².